The van der Waals surface area contributed by atoms with Gasteiger partial charge in [0.15, 0.2) is 5.96 Å². The molecule has 8 amide bonds. The second kappa shape index (κ2) is 26.4. The quantitative estimate of drug-likeness (QED) is 0.0136. The second-order valence-corrected chi connectivity index (χ2v) is 16.9. The summed E-state index contributed by atoms with van der Waals surface area (Å²) in [6.45, 7) is 3.46. The molecular formula is C47H67N13O9. The maximum Gasteiger partial charge on any atom is 0.250 e. The van der Waals surface area contributed by atoms with Crippen LogP contribution >= 0.6 is 0 Å². The van der Waals surface area contributed by atoms with Crippen molar-refractivity contribution in [1.29, 1.82) is 0 Å². The minimum atomic E-state index is -1.44. The van der Waals surface area contributed by atoms with Crippen molar-refractivity contribution in [2.45, 2.75) is 108 Å². The van der Waals surface area contributed by atoms with Gasteiger partial charge in [-0.1, -0.05) is 68.3 Å². The molecule has 22 nitrogen and oxygen atoms in total. The molecule has 69 heavy (non-hydrogen) atoms. The molecule has 22 heteroatoms. The maximum atomic E-state index is 14.8. The van der Waals surface area contributed by atoms with Gasteiger partial charge < -0.3 is 65.7 Å². The highest BCUT2D eigenvalue weighted by Crippen LogP contribution is 2.39. The molecule has 0 saturated heterocycles. The summed E-state index contributed by atoms with van der Waals surface area (Å²) in [5, 5.41) is 30.0. The van der Waals surface area contributed by atoms with Crippen molar-refractivity contribution in [3.63, 3.8) is 0 Å². The summed E-state index contributed by atoms with van der Waals surface area (Å²) in [6.07, 6.45) is 2.92. The SMILES string of the molecule is CCCC[C@H](NC(=O)[C@H](CCCCN)NC(=O)[C@H](C)N(C(=O)[C@H](C)NC(=O)[C@@H](N)CCCN=C(N)N)c1ccc2ccc3cccc4ccc1c2c34)C(=O)NCC(=O)N[C@@H](CO)C(=O)NCC(N)=O. The van der Waals surface area contributed by atoms with Gasteiger partial charge in [-0.2, -0.15) is 0 Å². The Morgan fingerprint density at radius 1 is 0.652 bits per heavy atom. The number of nitrogens with zero attached hydrogens (tertiary/aromatic N) is 2. The van der Waals surface area contributed by atoms with Crippen molar-refractivity contribution in [2.75, 3.05) is 37.7 Å². The fourth-order valence-corrected chi connectivity index (χ4v) is 7.84. The lowest BCUT2D eigenvalue weighted by Gasteiger charge is -2.33. The van der Waals surface area contributed by atoms with Crippen molar-refractivity contribution in [3.05, 3.63) is 54.6 Å². The Morgan fingerprint density at radius 3 is 1.88 bits per heavy atom. The first-order chi connectivity index (χ1) is 32.9. The number of unbranched alkanes of at least 4 members (excludes halogenated alkanes) is 2. The van der Waals surface area contributed by atoms with Crippen LogP contribution in [0.2, 0.25) is 0 Å². The van der Waals surface area contributed by atoms with E-state index in [0.29, 0.717) is 49.7 Å². The molecule has 374 valence electrons. The fourth-order valence-electron chi connectivity index (χ4n) is 7.84. The van der Waals surface area contributed by atoms with Crippen LogP contribution in [0.3, 0.4) is 0 Å². The smallest absolute Gasteiger partial charge is 0.250 e. The zero-order valence-electron chi connectivity index (χ0n) is 39.3. The molecule has 0 fully saturated rings. The van der Waals surface area contributed by atoms with Gasteiger partial charge in [0.2, 0.25) is 47.3 Å². The van der Waals surface area contributed by atoms with Crippen LogP contribution in [0.4, 0.5) is 5.69 Å². The van der Waals surface area contributed by atoms with Gasteiger partial charge in [0, 0.05) is 11.9 Å². The van der Waals surface area contributed by atoms with E-state index in [4.69, 9.17) is 28.7 Å². The number of hydrogen-bond donors (Lipinski definition) is 12. The summed E-state index contributed by atoms with van der Waals surface area (Å²) < 4.78 is 0. The van der Waals surface area contributed by atoms with Crippen LogP contribution in [0.1, 0.15) is 72.1 Å². The molecule has 4 aromatic rings. The van der Waals surface area contributed by atoms with Gasteiger partial charge in [0.05, 0.1) is 31.4 Å². The van der Waals surface area contributed by atoms with Crippen molar-refractivity contribution < 1.29 is 43.5 Å². The number of carbonyl (C=O) groups is 8. The van der Waals surface area contributed by atoms with E-state index < -0.39 is 103 Å². The number of nitrogens with two attached hydrogens (primary N) is 5. The Morgan fingerprint density at radius 2 is 1.25 bits per heavy atom. The Bertz CT molecular complexity index is 2460. The van der Waals surface area contributed by atoms with E-state index in [0.717, 1.165) is 26.9 Å². The number of primary amides is 1. The molecule has 0 unspecified atom stereocenters. The minimum absolute atomic E-state index is 0.0944. The molecule has 0 aromatic heterocycles. The van der Waals surface area contributed by atoms with Crippen molar-refractivity contribution >= 4 is 91.2 Å². The first kappa shape index (κ1) is 54.4. The lowest BCUT2D eigenvalue weighted by atomic mass is 9.93. The van der Waals surface area contributed by atoms with Crippen molar-refractivity contribution in [2.24, 2.45) is 33.7 Å². The van der Waals surface area contributed by atoms with E-state index in [-0.39, 0.29) is 31.8 Å². The van der Waals surface area contributed by atoms with Crippen LogP contribution in [0.25, 0.3) is 32.3 Å². The molecule has 0 aliphatic heterocycles. The van der Waals surface area contributed by atoms with E-state index in [1.807, 2.05) is 55.5 Å². The monoisotopic (exact) mass is 958 g/mol. The molecule has 6 atom stereocenters. The Kier molecular flexibility index (Phi) is 20.8. The van der Waals surface area contributed by atoms with Crippen LogP contribution < -0.4 is 65.5 Å². The molecule has 0 radical (unpaired) electrons. The fraction of sp³-hybridized carbons (Fsp3) is 0.468. The number of guanidine groups is 1. The summed E-state index contributed by atoms with van der Waals surface area (Å²) in [5.41, 5.74) is 28.2. The van der Waals surface area contributed by atoms with Crippen LogP contribution in [0, 0.1) is 0 Å². The second-order valence-electron chi connectivity index (χ2n) is 16.9. The first-order valence-corrected chi connectivity index (χ1v) is 23.1. The minimum Gasteiger partial charge on any atom is -0.394 e. The highest BCUT2D eigenvalue weighted by Gasteiger charge is 2.36. The molecule has 0 saturated carbocycles. The van der Waals surface area contributed by atoms with E-state index >= 15 is 0 Å². The third kappa shape index (κ3) is 15.2. The number of rotatable bonds is 28. The number of aliphatic hydroxyl groups is 1. The third-order valence-corrected chi connectivity index (χ3v) is 11.6. The van der Waals surface area contributed by atoms with Gasteiger partial charge in [-0.25, -0.2) is 0 Å². The zero-order valence-corrected chi connectivity index (χ0v) is 39.3. The van der Waals surface area contributed by atoms with E-state index in [1.165, 1.54) is 18.7 Å². The first-order valence-electron chi connectivity index (χ1n) is 23.1. The number of aliphatic hydroxyl groups excluding tert-OH is 1. The highest BCUT2D eigenvalue weighted by molar-refractivity contribution is 6.26. The number of nitrogens with one attached hydrogen (secondary N) is 6. The highest BCUT2D eigenvalue weighted by atomic mass is 16.3. The van der Waals surface area contributed by atoms with Gasteiger partial charge >= 0.3 is 0 Å². The third-order valence-electron chi connectivity index (χ3n) is 11.6. The van der Waals surface area contributed by atoms with Crippen LogP contribution in [-0.4, -0.2) is 127 Å². The van der Waals surface area contributed by atoms with E-state index in [1.54, 1.807) is 6.07 Å². The van der Waals surface area contributed by atoms with E-state index in [9.17, 15) is 43.5 Å². The lowest BCUT2D eigenvalue weighted by molar-refractivity contribution is -0.134. The van der Waals surface area contributed by atoms with Gasteiger partial charge in [-0.3, -0.25) is 48.2 Å². The summed E-state index contributed by atoms with van der Waals surface area (Å²) in [4.78, 5) is 112. The van der Waals surface area contributed by atoms with E-state index in [2.05, 4.69) is 36.9 Å². The molecule has 0 bridgehead atoms. The van der Waals surface area contributed by atoms with Gasteiger partial charge in [-0.05, 0) is 91.9 Å². The van der Waals surface area contributed by atoms with Gasteiger partial charge in [0.25, 0.3) is 0 Å². The van der Waals surface area contributed by atoms with Crippen molar-refractivity contribution in [1.82, 2.24) is 31.9 Å². The number of anilines is 1. The van der Waals surface area contributed by atoms with Crippen LogP contribution in [0.15, 0.2) is 59.6 Å². The Hall–Kier alpha value is -7.17. The summed E-state index contributed by atoms with van der Waals surface area (Å²) in [7, 11) is 0. The van der Waals surface area contributed by atoms with Crippen molar-refractivity contribution in [3.8, 4) is 0 Å². The molecule has 0 spiro atoms. The normalized spacial score (nSPS) is 13.8. The number of benzene rings is 4. The van der Waals surface area contributed by atoms with Crippen LogP contribution in [0.5, 0.6) is 0 Å². The molecule has 0 aliphatic rings. The average molecular weight is 958 g/mol. The lowest BCUT2D eigenvalue weighted by Crippen LogP contribution is -2.59. The predicted octanol–water partition coefficient (Wildman–Crippen LogP) is -1.33. The molecule has 17 N–H and O–H groups in total. The topological polar surface area (TPSA) is 375 Å². The van der Waals surface area contributed by atoms with Crippen LogP contribution in [-0.2, 0) is 38.4 Å². The Labute approximate surface area is 400 Å². The summed E-state index contributed by atoms with van der Waals surface area (Å²) in [5.74, 6) is -6.08. The largest absolute Gasteiger partial charge is 0.394 e. The summed E-state index contributed by atoms with van der Waals surface area (Å²) >= 11 is 0. The Balaban J connectivity index is 1.62. The molecule has 4 rings (SSSR count). The standard InChI is InChI=1S/C47H67N13O9/c1-4-5-13-33(43(66)55-24-38(63)57-35(25-61)44(67)54-23-37(50)62)59-45(68)34(14-6-7-21-48)58-41(64)27(3)60(46(69)26(2)56-42(65)32(49)12-9-22-53-47(51)52)36-20-18-30-16-15-28-10-8-11-29-17-19-31(36)40(30)39(28)29/h8,10-11,15-20,26-27,32-35,61H,4-7,9,12-14,21-25,48-49H2,1-3H3,(H2,50,62)(H,54,67)(H,55,66)(H,56,65)(H,57,63)(H,58,64)(H,59,68)(H4,51,52,53)/t26-,27-,32-,33-,34-,35-/m0/s1. The van der Waals surface area contributed by atoms with Gasteiger partial charge in [-0.15, -0.1) is 0 Å². The van der Waals surface area contributed by atoms with Gasteiger partial charge in [0.1, 0.15) is 30.2 Å². The maximum absolute atomic E-state index is 14.8. The molecule has 4 aromatic carbocycles. The summed E-state index contributed by atoms with van der Waals surface area (Å²) in [6, 6.07) is 10.0. The zero-order chi connectivity index (χ0) is 50.8. The number of carbonyl (C=O) groups excluding carboxylic acids is 8. The average Bonchev–Trinajstić information content (AvgIpc) is 3.33. The number of hydrogen-bond acceptors (Lipinski definition) is 12. The number of amides is 8. The molecular weight excluding hydrogens is 891 g/mol. The predicted molar refractivity (Wildman–Crippen MR) is 263 cm³/mol. The molecule has 0 aliphatic carbocycles. The molecule has 0 heterocycles. The number of aliphatic imine (C=N–C) groups is 1.